The summed E-state index contributed by atoms with van der Waals surface area (Å²) in [6, 6.07) is 12.7. The highest BCUT2D eigenvalue weighted by atomic mass is 35.5. The largest absolute Gasteiger partial charge is 0.354 e. The van der Waals surface area contributed by atoms with Crippen LogP contribution in [-0.2, 0) is 14.8 Å². The first-order valence-corrected chi connectivity index (χ1v) is 13.0. The molecule has 0 saturated carbocycles. The van der Waals surface area contributed by atoms with Crippen LogP contribution < -0.4 is 9.62 Å². The molecule has 0 aromatic heterocycles. The van der Waals surface area contributed by atoms with Gasteiger partial charge in [0.2, 0.25) is 5.91 Å². The predicted molar refractivity (Wildman–Crippen MR) is 130 cm³/mol. The Bertz CT molecular complexity index is 1010. The number of carbonyl (C=O) groups excluding carboxylic acids is 1. The first-order chi connectivity index (χ1) is 15.3. The van der Waals surface area contributed by atoms with Crippen LogP contribution in [-0.4, -0.2) is 51.9 Å². The third-order valence-corrected chi connectivity index (χ3v) is 8.25. The molecule has 6 nitrogen and oxygen atoms in total. The van der Waals surface area contributed by atoms with Crippen molar-refractivity contribution in [3.05, 3.63) is 58.6 Å². The number of nitrogens with one attached hydrogen (secondary N) is 1. The van der Waals surface area contributed by atoms with Gasteiger partial charge in [0.15, 0.2) is 0 Å². The van der Waals surface area contributed by atoms with Crippen LogP contribution in [0.4, 0.5) is 5.69 Å². The van der Waals surface area contributed by atoms with Gasteiger partial charge in [-0.3, -0.25) is 9.10 Å². The minimum absolute atomic E-state index is 0.0724. The summed E-state index contributed by atoms with van der Waals surface area (Å²) in [6.07, 6.45) is 3.22. The average molecular weight is 498 g/mol. The number of anilines is 1. The van der Waals surface area contributed by atoms with Crippen molar-refractivity contribution in [2.75, 3.05) is 37.0 Å². The minimum Gasteiger partial charge on any atom is -0.354 e. The molecule has 2 aromatic carbocycles. The topological polar surface area (TPSA) is 69.7 Å². The maximum Gasteiger partial charge on any atom is 0.264 e. The second-order valence-electron chi connectivity index (χ2n) is 8.13. The third-order valence-electron chi connectivity index (χ3n) is 5.67. The molecule has 0 aliphatic carbocycles. The van der Waals surface area contributed by atoms with Gasteiger partial charge in [-0.05, 0) is 69.1 Å². The second-order valence-corrected chi connectivity index (χ2v) is 10.8. The molecule has 174 valence electrons. The molecule has 1 aliphatic rings. The lowest BCUT2D eigenvalue weighted by Gasteiger charge is -2.30. The van der Waals surface area contributed by atoms with E-state index >= 15 is 0 Å². The Labute approximate surface area is 200 Å². The molecule has 1 N–H and O–H groups in total. The highest BCUT2D eigenvalue weighted by Gasteiger charge is 2.29. The molecule has 1 aliphatic heterocycles. The molecule has 0 unspecified atom stereocenters. The molecular formula is C23H29Cl2N3O3S. The maximum absolute atomic E-state index is 13.3. The van der Waals surface area contributed by atoms with Gasteiger partial charge in [-0.25, -0.2) is 8.42 Å². The van der Waals surface area contributed by atoms with E-state index in [1.807, 2.05) is 0 Å². The number of sulfonamides is 1. The molecule has 0 spiro atoms. The quantitative estimate of drug-likeness (QED) is 0.520. The van der Waals surface area contributed by atoms with Crippen molar-refractivity contribution in [1.29, 1.82) is 0 Å². The van der Waals surface area contributed by atoms with Gasteiger partial charge in [0.25, 0.3) is 10.0 Å². The SMILES string of the molecule is CC1CCN(CCCNC(=O)CN(c2cccc(Cl)c2Cl)S(=O)(=O)c2ccccc2)CC1. The van der Waals surface area contributed by atoms with E-state index in [2.05, 4.69) is 17.1 Å². The zero-order chi connectivity index (χ0) is 23.1. The molecule has 1 saturated heterocycles. The van der Waals surface area contributed by atoms with E-state index in [1.54, 1.807) is 36.4 Å². The van der Waals surface area contributed by atoms with Crippen molar-refractivity contribution in [2.45, 2.75) is 31.1 Å². The smallest absolute Gasteiger partial charge is 0.264 e. The van der Waals surface area contributed by atoms with Gasteiger partial charge in [-0.2, -0.15) is 0 Å². The van der Waals surface area contributed by atoms with E-state index in [1.165, 1.54) is 25.0 Å². The molecule has 0 radical (unpaired) electrons. The third kappa shape index (κ3) is 6.38. The fraction of sp³-hybridized carbons (Fsp3) is 0.435. The van der Waals surface area contributed by atoms with E-state index in [0.29, 0.717) is 6.54 Å². The van der Waals surface area contributed by atoms with E-state index in [9.17, 15) is 13.2 Å². The van der Waals surface area contributed by atoms with Gasteiger partial charge >= 0.3 is 0 Å². The number of hydrogen-bond donors (Lipinski definition) is 1. The Hall–Kier alpha value is -1.80. The Balaban J connectivity index is 1.67. The minimum atomic E-state index is -4.02. The normalized spacial score (nSPS) is 15.5. The Morgan fingerprint density at radius 2 is 1.78 bits per heavy atom. The number of halogens is 2. The monoisotopic (exact) mass is 497 g/mol. The van der Waals surface area contributed by atoms with Gasteiger partial charge < -0.3 is 10.2 Å². The second kappa shape index (κ2) is 11.4. The summed E-state index contributed by atoms with van der Waals surface area (Å²) in [5, 5.41) is 3.14. The molecule has 2 aromatic rings. The summed E-state index contributed by atoms with van der Waals surface area (Å²) >= 11 is 12.4. The number of nitrogens with zero attached hydrogens (tertiary/aromatic N) is 2. The van der Waals surface area contributed by atoms with Crippen LogP contribution in [0, 0.1) is 5.92 Å². The average Bonchev–Trinajstić information content (AvgIpc) is 2.79. The van der Waals surface area contributed by atoms with Crippen molar-refractivity contribution in [3.8, 4) is 0 Å². The van der Waals surface area contributed by atoms with Crippen LogP contribution in [0.15, 0.2) is 53.4 Å². The zero-order valence-electron chi connectivity index (χ0n) is 18.1. The zero-order valence-corrected chi connectivity index (χ0v) is 20.5. The highest BCUT2D eigenvalue weighted by molar-refractivity contribution is 7.92. The van der Waals surface area contributed by atoms with Gasteiger partial charge in [0, 0.05) is 6.54 Å². The van der Waals surface area contributed by atoms with Gasteiger partial charge in [-0.15, -0.1) is 0 Å². The number of likely N-dealkylation sites (tertiary alicyclic amines) is 1. The van der Waals surface area contributed by atoms with Crippen LogP contribution in [0.3, 0.4) is 0 Å². The van der Waals surface area contributed by atoms with Crippen molar-refractivity contribution in [3.63, 3.8) is 0 Å². The molecule has 1 fully saturated rings. The Kier molecular flexibility index (Phi) is 8.82. The summed E-state index contributed by atoms with van der Waals surface area (Å²) in [4.78, 5) is 15.2. The standard InChI is InChI=1S/C23H29Cl2N3O3S/c1-18-11-15-27(16-12-18)14-6-13-26-22(29)17-28(21-10-5-9-20(24)23(21)25)32(30,31)19-7-3-2-4-8-19/h2-5,7-10,18H,6,11-17H2,1H3,(H,26,29). The van der Waals surface area contributed by atoms with Gasteiger partial charge in [0.1, 0.15) is 6.54 Å². The first kappa shape index (κ1) is 24.8. The van der Waals surface area contributed by atoms with E-state index in [-0.39, 0.29) is 20.6 Å². The molecule has 3 rings (SSSR count). The number of hydrogen-bond acceptors (Lipinski definition) is 4. The lowest BCUT2D eigenvalue weighted by molar-refractivity contribution is -0.119. The molecule has 1 heterocycles. The van der Waals surface area contributed by atoms with Crippen LogP contribution in [0.5, 0.6) is 0 Å². The van der Waals surface area contributed by atoms with Gasteiger partial charge in [-0.1, -0.05) is 54.4 Å². The maximum atomic E-state index is 13.3. The van der Waals surface area contributed by atoms with E-state index in [4.69, 9.17) is 23.2 Å². The van der Waals surface area contributed by atoms with E-state index < -0.39 is 22.5 Å². The molecule has 9 heteroatoms. The number of piperidine rings is 1. The van der Waals surface area contributed by atoms with Crippen LogP contribution in [0.2, 0.25) is 10.0 Å². The van der Waals surface area contributed by atoms with Crippen LogP contribution in [0.1, 0.15) is 26.2 Å². The first-order valence-electron chi connectivity index (χ1n) is 10.8. The van der Waals surface area contributed by atoms with Crippen LogP contribution >= 0.6 is 23.2 Å². The van der Waals surface area contributed by atoms with Crippen molar-refractivity contribution in [1.82, 2.24) is 10.2 Å². The highest BCUT2D eigenvalue weighted by Crippen LogP contribution is 2.35. The summed E-state index contributed by atoms with van der Waals surface area (Å²) in [6.45, 7) is 5.46. The summed E-state index contributed by atoms with van der Waals surface area (Å²) in [7, 11) is -4.02. The van der Waals surface area contributed by atoms with Crippen LogP contribution in [0.25, 0.3) is 0 Å². The lowest BCUT2D eigenvalue weighted by atomic mass is 9.99. The number of benzene rings is 2. The summed E-state index contributed by atoms with van der Waals surface area (Å²) in [5.74, 6) is 0.384. The number of rotatable bonds is 9. The molecular weight excluding hydrogens is 469 g/mol. The summed E-state index contributed by atoms with van der Waals surface area (Å²) < 4.78 is 27.7. The van der Waals surface area contributed by atoms with Crippen molar-refractivity contribution < 1.29 is 13.2 Å². The predicted octanol–water partition coefficient (Wildman–Crippen LogP) is 4.43. The van der Waals surface area contributed by atoms with Gasteiger partial charge in [0.05, 0.1) is 20.6 Å². The van der Waals surface area contributed by atoms with Crippen molar-refractivity contribution in [2.24, 2.45) is 5.92 Å². The fourth-order valence-corrected chi connectivity index (χ4v) is 5.61. The van der Waals surface area contributed by atoms with E-state index in [0.717, 1.165) is 36.3 Å². The molecule has 32 heavy (non-hydrogen) atoms. The fourth-order valence-electron chi connectivity index (χ4n) is 3.71. The number of amides is 1. The lowest BCUT2D eigenvalue weighted by Crippen LogP contribution is -2.42. The molecule has 0 bridgehead atoms. The number of carbonyl (C=O) groups is 1. The summed E-state index contributed by atoms with van der Waals surface area (Å²) in [5.41, 5.74) is 0.167. The Morgan fingerprint density at radius 1 is 1.09 bits per heavy atom. The molecule has 1 amide bonds. The molecule has 0 atom stereocenters. The van der Waals surface area contributed by atoms with Crippen molar-refractivity contribution >= 4 is 44.8 Å². The Morgan fingerprint density at radius 3 is 2.47 bits per heavy atom.